The van der Waals surface area contributed by atoms with Crippen LogP contribution < -0.4 is 20.5 Å². The van der Waals surface area contributed by atoms with Crippen LogP contribution in [0.1, 0.15) is 10.4 Å². The van der Waals surface area contributed by atoms with Crippen molar-refractivity contribution in [1.82, 2.24) is 15.4 Å². The Hall–Kier alpha value is -5.34. The van der Waals surface area contributed by atoms with E-state index in [-0.39, 0.29) is 35.3 Å². The van der Waals surface area contributed by atoms with Crippen molar-refractivity contribution in [2.24, 2.45) is 10.2 Å². The molecule has 11 heteroatoms. The number of hydrogen-bond acceptors (Lipinski definition) is 10. The van der Waals surface area contributed by atoms with Crippen LogP contribution in [-0.4, -0.2) is 34.6 Å². The summed E-state index contributed by atoms with van der Waals surface area (Å²) in [6.45, 7) is 0.208. The maximum Gasteiger partial charge on any atom is 0.259 e. The quantitative estimate of drug-likeness (QED) is 0.335. The summed E-state index contributed by atoms with van der Waals surface area (Å²) < 4.78 is 5.15. The molecule has 5 rings (SSSR count). The topological polar surface area (TPSA) is 148 Å². The van der Waals surface area contributed by atoms with E-state index in [0.717, 1.165) is 0 Å². The SMILES string of the molecule is COc1ccc(NC(=O)c2cc3ccccc3c(N=NC3=C(C#N)CNN3c3ncccn3)c2O)cc1. The van der Waals surface area contributed by atoms with Gasteiger partial charge in [-0.1, -0.05) is 24.3 Å². The number of aromatic hydroxyl groups is 1. The van der Waals surface area contributed by atoms with Crippen LogP contribution in [0.2, 0.25) is 0 Å². The summed E-state index contributed by atoms with van der Waals surface area (Å²) in [4.78, 5) is 21.5. The number of azo groups is 1. The van der Waals surface area contributed by atoms with Crippen LogP contribution in [0.4, 0.5) is 17.3 Å². The van der Waals surface area contributed by atoms with Crippen molar-refractivity contribution >= 4 is 34.0 Å². The van der Waals surface area contributed by atoms with Crippen molar-refractivity contribution in [3.05, 3.63) is 90.0 Å². The number of hydrazine groups is 1. The summed E-state index contributed by atoms with van der Waals surface area (Å²) in [6.07, 6.45) is 3.13. The van der Waals surface area contributed by atoms with E-state index < -0.39 is 5.91 Å². The van der Waals surface area contributed by atoms with Gasteiger partial charge in [0.25, 0.3) is 5.91 Å². The molecule has 0 unspecified atom stereocenters. The zero-order valence-electron chi connectivity index (χ0n) is 19.6. The number of phenols is 1. The zero-order valence-corrected chi connectivity index (χ0v) is 19.6. The van der Waals surface area contributed by atoms with E-state index >= 15 is 0 Å². The molecule has 0 radical (unpaired) electrons. The van der Waals surface area contributed by atoms with Crippen LogP contribution in [-0.2, 0) is 0 Å². The second-order valence-electron chi connectivity index (χ2n) is 7.86. The molecule has 3 aromatic carbocycles. The van der Waals surface area contributed by atoms with Gasteiger partial charge in [0, 0.05) is 23.5 Å². The lowest BCUT2D eigenvalue weighted by Crippen LogP contribution is -2.32. The van der Waals surface area contributed by atoms with E-state index in [1.54, 1.807) is 74.1 Å². The number of nitrogens with zero attached hydrogens (tertiary/aromatic N) is 6. The third kappa shape index (κ3) is 4.64. The predicted octanol–water partition coefficient (Wildman–Crippen LogP) is 4.44. The Labute approximate surface area is 211 Å². The van der Waals surface area contributed by atoms with E-state index in [1.807, 2.05) is 6.07 Å². The van der Waals surface area contributed by atoms with E-state index in [1.165, 1.54) is 5.01 Å². The maximum absolute atomic E-state index is 13.1. The number of methoxy groups -OCH3 is 1. The number of fused-ring (bicyclic) bond motifs is 1. The molecular formula is C26H20N8O3. The Morgan fingerprint density at radius 1 is 1.14 bits per heavy atom. The molecule has 0 bridgehead atoms. The minimum atomic E-state index is -0.524. The fourth-order valence-electron chi connectivity index (χ4n) is 3.78. The highest BCUT2D eigenvalue weighted by atomic mass is 16.5. The number of carbonyl (C=O) groups is 1. The number of ether oxygens (including phenoxy) is 1. The lowest BCUT2D eigenvalue weighted by molar-refractivity contribution is 0.102. The fourth-order valence-corrected chi connectivity index (χ4v) is 3.78. The van der Waals surface area contributed by atoms with E-state index in [4.69, 9.17) is 4.74 Å². The average Bonchev–Trinajstić information content (AvgIpc) is 3.36. The molecule has 11 nitrogen and oxygen atoms in total. The first kappa shape index (κ1) is 23.4. The molecule has 0 saturated carbocycles. The monoisotopic (exact) mass is 492 g/mol. The lowest BCUT2D eigenvalue weighted by atomic mass is 10.0. The normalized spacial score (nSPS) is 13.2. The van der Waals surface area contributed by atoms with Crippen LogP contribution in [0.5, 0.6) is 11.5 Å². The van der Waals surface area contributed by atoms with Gasteiger partial charge in [-0.3, -0.25) is 4.79 Å². The molecule has 2 heterocycles. The molecular weight excluding hydrogens is 472 g/mol. The molecule has 37 heavy (non-hydrogen) atoms. The number of carbonyl (C=O) groups excluding carboxylic acids is 1. The Kier molecular flexibility index (Phi) is 6.39. The molecule has 1 aliphatic heterocycles. The molecule has 0 aliphatic carbocycles. The number of nitrogens with one attached hydrogen (secondary N) is 2. The summed E-state index contributed by atoms with van der Waals surface area (Å²) in [5.41, 5.74) is 3.95. The third-order valence-electron chi connectivity index (χ3n) is 5.62. The Bertz CT molecular complexity index is 1580. The molecule has 0 saturated heterocycles. The molecule has 1 amide bonds. The van der Waals surface area contributed by atoms with Gasteiger partial charge in [-0.05, 0) is 41.8 Å². The molecule has 3 N–H and O–H groups in total. The molecule has 182 valence electrons. The van der Waals surface area contributed by atoms with Gasteiger partial charge in [0.2, 0.25) is 5.95 Å². The molecule has 4 aromatic rings. The molecule has 0 fully saturated rings. The maximum atomic E-state index is 13.1. The Morgan fingerprint density at radius 3 is 2.62 bits per heavy atom. The standard InChI is InChI=1S/C26H20N8O3/c1-37-19-9-7-18(8-10-19)31-25(36)21-13-16-5-2-3-6-20(16)22(23(21)35)32-33-24-17(14-27)15-30-34(24)26-28-11-4-12-29-26/h2-13,30,35H,15H2,1H3,(H,31,36). The van der Waals surface area contributed by atoms with Gasteiger partial charge in [-0.2, -0.15) is 5.26 Å². The van der Waals surface area contributed by atoms with Crippen molar-refractivity contribution in [3.8, 4) is 17.6 Å². The minimum absolute atomic E-state index is 0.0192. The highest BCUT2D eigenvalue weighted by Gasteiger charge is 2.26. The molecule has 1 aromatic heterocycles. The minimum Gasteiger partial charge on any atom is -0.505 e. The first-order valence-electron chi connectivity index (χ1n) is 11.1. The lowest BCUT2D eigenvalue weighted by Gasteiger charge is -2.16. The van der Waals surface area contributed by atoms with Crippen molar-refractivity contribution in [2.45, 2.75) is 0 Å². The van der Waals surface area contributed by atoms with Gasteiger partial charge in [0.05, 0.1) is 24.8 Å². The number of nitriles is 1. The number of anilines is 2. The molecule has 0 atom stereocenters. The predicted molar refractivity (Wildman–Crippen MR) is 136 cm³/mol. The van der Waals surface area contributed by atoms with Crippen molar-refractivity contribution in [1.29, 1.82) is 5.26 Å². The van der Waals surface area contributed by atoms with Crippen LogP contribution >= 0.6 is 0 Å². The second-order valence-corrected chi connectivity index (χ2v) is 7.86. The van der Waals surface area contributed by atoms with Crippen molar-refractivity contribution < 1.29 is 14.6 Å². The number of amides is 1. The van der Waals surface area contributed by atoms with Gasteiger partial charge >= 0.3 is 0 Å². The number of rotatable bonds is 6. The van der Waals surface area contributed by atoms with Crippen LogP contribution in [0.3, 0.4) is 0 Å². The van der Waals surface area contributed by atoms with Crippen LogP contribution in [0, 0.1) is 11.3 Å². The van der Waals surface area contributed by atoms with Crippen LogP contribution in [0.15, 0.2) is 94.7 Å². The van der Waals surface area contributed by atoms with E-state index in [2.05, 4.69) is 37.0 Å². The number of hydrogen-bond donors (Lipinski definition) is 3. The van der Waals surface area contributed by atoms with Gasteiger partial charge < -0.3 is 15.2 Å². The second kappa shape index (κ2) is 10.1. The van der Waals surface area contributed by atoms with Crippen LogP contribution in [0.25, 0.3) is 10.8 Å². The summed E-state index contributed by atoms with van der Waals surface area (Å²) in [5, 5.41) is 34.8. The fraction of sp³-hybridized carbons (Fsp3) is 0.0769. The largest absolute Gasteiger partial charge is 0.505 e. The van der Waals surface area contributed by atoms with Gasteiger partial charge in [-0.15, -0.1) is 10.2 Å². The highest BCUT2D eigenvalue weighted by molar-refractivity contribution is 6.11. The number of phenolic OH excluding ortho intramolecular Hbond substituents is 1. The first-order chi connectivity index (χ1) is 18.1. The van der Waals surface area contributed by atoms with E-state index in [0.29, 0.717) is 27.8 Å². The van der Waals surface area contributed by atoms with Gasteiger partial charge in [-0.25, -0.2) is 20.4 Å². The average molecular weight is 492 g/mol. The summed E-state index contributed by atoms with van der Waals surface area (Å²) in [6, 6.07) is 19.3. The number of benzene rings is 3. The Morgan fingerprint density at radius 2 is 1.89 bits per heavy atom. The Balaban J connectivity index is 1.54. The zero-order chi connectivity index (χ0) is 25.8. The van der Waals surface area contributed by atoms with E-state index in [9.17, 15) is 15.2 Å². The smallest absolute Gasteiger partial charge is 0.259 e. The first-order valence-corrected chi connectivity index (χ1v) is 11.1. The van der Waals surface area contributed by atoms with Crippen molar-refractivity contribution in [2.75, 3.05) is 24.0 Å². The molecule has 1 aliphatic rings. The third-order valence-corrected chi connectivity index (χ3v) is 5.62. The summed E-state index contributed by atoms with van der Waals surface area (Å²) >= 11 is 0. The van der Waals surface area contributed by atoms with Crippen molar-refractivity contribution in [3.63, 3.8) is 0 Å². The van der Waals surface area contributed by atoms with Gasteiger partial charge in [0.15, 0.2) is 11.6 Å². The molecule has 0 spiro atoms. The number of aromatic nitrogens is 2. The summed E-state index contributed by atoms with van der Waals surface area (Å²) in [5.74, 6) is 0.245. The highest BCUT2D eigenvalue weighted by Crippen LogP contribution is 2.39. The summed E-state index contributed by atoms with van der Waals surface area (Å²) in [7, 11) is 1.56. The van der Waals surface area contributed by atoms with Gasteiger partial charge in [0.1, 0.15) is 17.5 Å².